The van der Waals surface area contributed by atoms with Crippen molar-refractivity contribution >= 4 is 23.4 Å². The van der Waals surface area contributed by atoms with Crippen molar-refractivity contribution in [1.82, 2.24) is 0 Å². The summed E-state index contributed by atoms with van der Waals surface area (Å²) in [7, 11) is 1.37. The van der Waals surface area contributed by atoms with E-state index in [2.05, 4.69) is 0 Å². The molecule has 1 fully saturated rings. The van der Waals surface area contributed by atoms with Crippen molar-refractivity contribution in [3.05, 3.63) is 60.7 Å². The smallest absolute Gasteiger partial charge is 0.329 e. The van der Waals surface area contributed by atoms with Crippen LogP contribution >= 0.6 is 0 Å². The number of esters is 1. The minimum atomic E-state index is -0.720. The van der Waals surface area contributed by atoms with Gasteiger partial charge in [0.25, 0.3) is 0 Å². The molecular formula is C21H25N3O3. The number of benzene rings is 2. The monoisotopic (exact) mass is 367 g/mol. The zero-order valence-electron chi connectivity index (χ0n) is 15.7. The first-order valence-electron chi connectivity index (χ1n) is 9.04. The van der Waals surface area contributed by atoms with Crippen LogP contribution in [0.3, 0.4) is 0 Å². The van der Waals surface area contributed by atoms with Crippen LogP contribution in [0.25, 0.3) is 0 Å². The highest BCUT2D eigenvalue weighted by molar-refractivity contribution is 6.08. The highest BCUT2D eigenvalue weighted by atomic mass is 16.5. The molecule has 0 bridgehead atoms. The Morgan fingerprint density at radius 3 is 2.19 bits per heavy atom. The number of para-hydroxylation sites is 2. The molecule has 1 heterocycles. The molecule has 1 saturated heterocycles. The van der Waals surface area contributed by atoms with Crippen molar-refractivity contribution in [2.45, 2.75) is 31.3 Å². The molecule has 1 aliphatic heterocycles. The van der Waals surface area contributed by atoms with E-state index in [1.165, 1.54) is 7.11 Å². The molecule has 142 valence electrons. The molecule has 0 radical (unpaired) electrons. The maximum Gasteiger partial charge on any atom is 0.329 e. The van der Waals surface area contributed by atoms with Gasteiger partial charge in [0.15, 0.2) is 0 Å². The number of urea groups is 1. The number of ether oxygens (including phenoxy) is 1. The van der Waals surface area contributed by atoms with Gasteiger partial charge in [-0.15, -0.1) is 0 Å². The van der Waals surface area contributed by atoms with Crippen LogP contribution in [0.4, 0.5) is 16.2 Å². The first kappa shape index (κ1) is 18.9. The fourth-order valence-corrected chi connectivity index (χ4v) is 3.66. The fraction of sp³-hybridized carbons (Fsp3) is 0.333. The lowest BCUT2D eigenvalue weighted by Crippen LogP contribution is -2.58. The number of rotatable bonds is 6. The number of hydrogen-bond acceptors (Lipinski definition) is 4. The van der Waals surface area contributed by atoms with Crippen molar-refractivity contribution in [3.8, 4) is 0 Å². The lowest BCUT2D eigenvalue weighted by atomic mass is 9.85. The van der Waals surface area contributed by atoms with Crippen LogP contribution in [0, 0.1) is 0 Å². The quantitative estimate of drug-likeness (QED) is 0.796. The maximum absolute atomic E-state index is 13.4. The average molecular weight is 367 g/mol. The molecule has 2 unspecified atom stereocenters. The molecule has 6 heteroatoms. The van der Waals surface area contributed by atoms with E-state index in [0.29, 0.717) is 13.0 Å². The van der Waals surface area contributed by atoms with Crippen LogP contribution in [0.15, 0.2) is 60.7 Å². The summed E-state index contributed by atoms with van der Waals surface area (Å²) in [5.74, 6) is -0.311. The predicted molar refractivity (Wildman–Crippen MR) is 106 cm³/mol. The molecule has 3 rings (SSSR count). The Hall–Kier alpha value is -2.86. The van der Waals surface area contributed by atoms with Gasteiger partial charge in [-0.25, -0.2) is 4.79 Å². The lowest BCUT2D eigenvalue weighted by molar-refractivity contribution is -0.141. The average Bonchev–Trinajstić information content (AvgIpc) is 3.01. The standard InChI is InChI=1S/C21H25N3O3/c1-16(22)21(14-13-19(25)27-2)15-23(17-9-5-3-6-10-17)20(26)24(21)18-11-7-4-8-12-18/h3-12,16H,13-15,22H2,1-2H3. The third kappa shape index (κ3) is 3.53. The Bertz CT molecular complexity index is 795. The topological polar surface area (TPSA) is 75.9 Å². The zero-order valence-corrected chi connectivity index (χ0v) is 15.7. The number of nitrogens with two attached hydrogens (primary N) is 1. The number of hydrogen-bond donors (Lipinski definition) is 1. The summed E-state index contributed by atoms with van der Waals surface area (Å²) < 4.78 is 4.82. The first-order valence-corrected chi connectivity index (χ1v) is 9.04. The van der Waals surface area contributed by atoms with Crippen LogP contribution in [0.5, 0.6) is 0 Å². The predicted octanol–water partition coefficient (Wildman–Crippen LogP) is 3.17. The van der Waals surface area contributed by atoms with Crippen molar-refractivity contribution in [2.24, 2.45) is 5.73 Å². The largest absolute Gasteiger partial charge is 0.469 e. The Morgan fingerprint density at radius 2 is 1.67 bits per heavy atom. The minimum Gasteiger partial charge on any atom is -0.469 e. The van der Waals surface area contributed by atoms with Gasteiger partial charge in [0.1, 0.15) is 0 Å². The van der Waals surface area contributed by atoms with Gasteiger partial charge in [-0.1, -0.05) is 36.4 Å². The Morgan fingerprint density at radius 1 is 1.11 bits per heavy atom. The van der Waals surface area contributed by atoms with E-state index in [-0.39, 0.29) is 24.5 Å². The first-order chi connectivity index (χ1) is 13.0. The molecule has 2 atom stereocenters. The second kappa shape index (κ2) is 7.80. The minimum absolute atomic E-state index is 0.144. The normalized spacial score (nSPS) is 20.6. The molecule has 2 aromatic rings. The van der Waals surface area contributed by atoms with Crippen molar-refractivity contribution in [3.63, 3.8) is 0 Å². The van der Waals surface area contributed by atoms with Crippen LogP contribution in [-0.2, 0) is 9.53 Å². The van der Waals surface area contributed by atoms with Crippen molar-refractivity contribution < 1.29 is 14.3 Å². The summed E-state index contributed by atoms with van der Waals surface area (Å²) >= 11 is 0. The van der Waals surface area contributed by atoms with Gasteiger partial charge < -0.3 is 10.5 Å². The zero-order chi connectivity index (χ0) is 19.4. The summed E-state index contributed by atoms with van der Waals surface area (Å²) in [5, 5.41) is 0. The van der Waals surface area contributed by atoms with E-state index in [1.54, 1.807) is 9.80 Å². The van der Waals surface area contributed by atoms with E-state index in [4.69, 9.17) is 10.5 Å². The van der Waals surface area contributed by atoms with Crippen LogP contribution in [0.1, 0.15) is 19.8 Å². The SMILES string of the molecule is COC(=O)CCC1(C(C)N)CN(c2ccccc2)C(=O)N1c1ccccc1. The van der Waals surface area contributed by atoms with E-state index in [1.807, 2.05) is 67.6 Å². The van der Waals surface area contributed by atoms with Crippen LogP contribution < -0.4 is 15.5 Å². The molecule has 2 amide bonds. The lowest BCUT2D eigenvalue weighted by Gasteiger charge is -2.40. The molecule has 0 spiro atoms. The molecule has 6 nitrogen and oxygen atoms in total. The fourth-order valence-electron chi connectivity index (χ4n) is 3.66. The third-order valence-corrected chi connectivity index (χ3v) is 5.22. The van der Waals surface area contributed by atoms with Gasteiger partial charge in [0, 0.05) is 23.8 Å². The number of nitrogens with zero attached hydrogens (tertiary/aromatic N) is 2. The van der Waals surface area contributed by atoms with Gasteiger partial charge in [-0.2, -0.15) is 0 Å². The highest BCUT2D eigenvalue weighted by Crippen LogP contribution is 2.39. The van der Waals surface area contributed by atoms with Gasteiger partial charge in [-0.05, 0) is 37.6 Å². The summed E-state index contributed by atoms with van der Waals surface area (Å²) in [6.45, 7) is 2.29. The number of methoxy groups -OCH3 is 1. The molecule has 0 aliphatic carbocycles. The van der Waals surface area contributed by atoms with E-state index < -0.39 is 5.54 Å². The Labute approximate surface area is 159 Å². The molecule has 2 N–H and O–H groups in total. The number of carbonyl (C=O) groups excluding carboxylic acids is 2. The van der Waals surface area contributed by atoms with Gasteiger partial charge in [0.2, 0.25) is 0 Å². The Balaban J connectivity index is 2.06. The summed E-state index contributed by atoms with van der Waals surface area (Å²) in [4.78, 5) is 28.7. The van der Waals surface area contributed by atoms with E-state index in [9.17, 15) is 9.59 Å². The van der Waals surface area contributed by atoms with Gasteiger partial charge in [-0.3, -0.25) is 14.6 Å². The third-order valence-electron chi connectivity index (χ3n) is 5.22. The molecular weight excluding hydrogens is 342 g/mol. The molecule has 0 aromatic heterocycles. The van der Waals surface area contributed by atoms with E-state index in [0.717, 1.165) is 11.4 Å². The molecule has 0 saturated carbocycles. The number of amides is 2. The van der Waals surface area contributed by atoms with Crippen molar-refractivity contribution in [2.75, 3.05) is 23.5 Å². The number of anilines is 2. The second-order valence-electron chi connectivity index (χ2n) is 6.84. The van der Waals surface area contributed by atoms with Crippen LogP contribution in [-0.4, -0.2) is 37.2 Å². The highest BCUT2D eigenvalue weighted by Gasteiger charge is 2.53. The molecule has 2 aromatic carbocycles. The second-order valence-corrected chi connectivity index (χ2v) is 6.84. The van der Waals surface area contributed by atoms with E-state index >= 15 is 0 Å². The Kier molecular flexibility index (Phi) is 5.46. The maximum atomic E-state index is 13.4. The summed E-state index contributed by atoms with van der Waals surface area (Å²) in [6.07, 6.45) is 0.610. The van der Waals surface area contributed by atoms with Gasteiger partial charge in [0.05, 0.1) is 19.2 Å². The molecule has 27 heavy (non-hydrogen) atoms. The van der Waals surface area contributed by atoms with Crippen molar-refractivity contribution in [1.29, 1.82) is 0 Å². The summed E-state index contributed by atoms with van der Waals surface area (Å²) in [5.41, 5.74) is 7.27. The number of carbonyl (C=O) groups is 2. The van der Waals surface area contributed by atoms with Crippen LogP contribution in [0.2, 0.25) is 0 Å². The molecule has 1 aliphatic rings. The summed E-state index contributed by atoms with van der Waals surface area (Å²) in [6, 6.07) is 18.5. The van der Waals surface area contributed by atoms with Gasteiger partial charge >= 0.3 is 12.0 Å².